The second kappa shape index (κ2) is 4.23. The Morgan fingerprint density at radius 3 is 2.38 bits per heavy atom. The monoisotopic (exact) mass is 216 g/mol. The lowest BCUT2D eigenvalue weighted by Gasteiger charge is -2.03. The average molecular weight is 216 g/mol. The summed E-state index contributed by atoms with van der Waals surface area (Å²) in [7, 11) is 1.61. The molecule has 0 aliphatic heterocycles. The summed E-state index contributed by atoms with van der Waals surface area (Å²) >= 11 is 0. The summed E-state index contributed by atoms with van der Waals surface area (Å²) in [6.07, 6.45) is 0. The van der Waals surface area contributed by atoms with E-state index in [1.54, 1.807) is 7.11 Å². The van der Waals surface area contributed by atoms with E-state index in [9.17, 15) is 4.79 Å². The van der Waals surface area contributed by atoms with E-state index >= 15 is 0 Å². The summed E-state index contributed by atoms with van der Waals surface area (Å²) in [5.41, 5.74) is 1.43. The molecule has 0 amide bonds. The van der Waals surface area contributed by atoms with Crippen LogP contribution in [0.5, 0.6) is 5.75 Å². The predicted molar refractivity (Wildman–Crippen MR) is 61.7 cm³/mol. The summed E-state index contributed by atoms with van der Waals surface area (Å²) in [4.78, 5) is 11.2. The zero-order chi connectivity index (χ0) is 11.5. The lowest BCUT2D eigenvalue weighted by atomic mass is 10.1. The van der Waals surface area contributed by atoms with Gasteiger partial charge in [0, 0.05) is 11.6 Å². The Kier molecular flexibility index (Phi) is 2.77. The normalized spacial score (nSPS) is 10.1. The van der Waals surface area contributed by atoms with Gasteiger partial charge in [-0.2, -0.15) is 0 Å². The zero-order valence-electron chi connectivity index (χ0n) is 9.19. The topological polar surface area (TPSA) is 39.4 Å². The van der Waals surface area contributed by atoms with Gasteiger partial charge in [-0.1, -0.05) is 0 Å². The first-order valence-corrected chi connectivity index (χ1v) is 4.95. The smallest absolute Gasteiger partial charge is 0.336 e. The molecule has 82 valence electrons. The highest BCUT2D eigenvalue weighted by Gasteiger charge is 2.02. The van der Waals surface area contributed by atoms with Crippen molar-refractivity contribution in [2.45, 2.75) is 6.92 Å². The first-order valence-electron chi connectivity index (χ1n) is 4.95. The molecule has 1 aromatic carbocycles. The molecular weight excluding hydrogens is 204 g/mol. The second-order valence-electron chi connectivity index (χ2n) is 3.55. The minimum atomic E-state index is -0.328. The summed E-state index contributed by atoms with van der Waals surface area (Å²) in [5.74, 6) is 1.35. The summed E-state index contributed by atoms with van der Waals surface area (Å²) in [5, 5.41) is 0. The largest absolute Gasteiger partial charge is 0.497 e. The maximum absolute atomic E-state index is 11.2. The van der Waals surface area contributed by atoms with Crippen molar-refractivity contribution in [3.05, 3.63) is 52.4 Å². The number of hydrogen-bond acceptors (Lipinski definition) is 3. The van der Waals surface area contributed by atoms with Gasteiger partial charge in [-0.3, -0.25) is 0 Å². The molecule has 0 bridgehead atoms. The van der Waals surface area contributed by atoms with Crippen LogP contribution in [0.3, 0.4) is 0 Å². The highest BCUT2D eigenvalue weighted by molar-refractivity contribution is 5.58. The van der Waals surface area contributed by atoms with Gasteiger partial charge in [-0.15, -0.1) is 0 Å². The van der Waals surface area contributed by atoms with Gasteiger partial charge in [0.25, 0.3) is 0 Å². The molecule has 16 heavy (non-hydrogen) atoms. The van der Waals surface area contributed by atoms with Crippen LogP contribution >= 0.6 is 0 Å². The maximum atomic E-state index is 11.2. The summed E-state index contributed by atoms with van der Waals surface area (Å²) in [6, 6.07) is 10.7. The van der Waals surface area contributed by atoms with Crippen LogP contribution in [0.15, 0.2) is 45.6 Å². The van der Waals surface area contributed by atoms with Gasteiger partial charge in [0.1, 0.15) is 11.5 Å². The van der Waals surface area contributed by atoms with Gasteiger partial charge in [0.2, 0.25) is 0 Å². The van der Waals surface area contributed by atoms with Crippen molar-refractivity contribution >= 4 is 0 Å². The van der Waals surface area contributed by atoms with Crippen molar-refractivity contribution in [1.82, 2.24) is 0 Å². The fourth-order valence-corrected chi connectivity index (χ4v) is 1.50. The molecule has 0 atom stereocenters. The number of benzene rings is 1. The molecule has 1 aromatic heterocycles. The van der Waals surface area contributed by atoms with Gasteiger partial charge < -0.3 is 9.15 Å². The molecule has 3 heteroatoms. The van der Waals surface area contributed by atoms with Crippen LogP contribution in [0, 0.1) is 6.92 Å². The Morgan fingerprint density at radius 2 is 1.81 bits per heavy atom. The number of rotatable bonds is 2. The molecule has 2 aromatic rings. The fourth-order valence-electron chi connectivity index (χ4n) is 1.50. The third-order valence-corrected chi connectivity index (χ3v) is 2.29. The second-order valence-corrected chi connectivity index (χ2v) is 3.55. The molecule has 2 rings (SSSR count). The van der Waals surface area contributed by atoms with E-state index in [0.29, 0.717) is 5.76 Å². The third kappa shape index (κ3) is 2.14. The number of aryl methyl sites for hydroxylation is 1. The minimum Gasteiger partial charge on any atom is -0.497 e. The molecule has 0 N–H and O–H groups in total. The third-order valence-electron chi connectivity index (χ3n) is 2.29. The van der Waals surface area contributed by atoms with Gasteiger partial charge in [-0.05, 0) is 42.8 Å². The van der Waals surface area contributed by atoms with Crippen LogP contribution in [-0.4, -0.2) is 7.11 Å². The van der Waals surface area contributed by atoms with Crippen LogP contribution in [0.1, 0.15) is 5.56 Å². The highest BCUT2D eigenvalue weighted by Crippen LogP contribution is 2.21. The fraction of sp³-hybridized carbons (Fsp3) is 0.154. The van der Waals surface area contributed by atoms with Crippen molar-refractivity contribution in [3.63, 3.8) is 0 Å². The maximum Gasteiger partial charge on any atom is 0.336 e. The highest BCUT2D eigenvalue weighted by atomic mass is 16.5. The molecule has 0 aliphatic rings. The van der Waals surface area contributed by atoms with Crippen molar-refractivity contribution < 1.29 is 9.15 Å². The molecule has 0 saturated heterocycles. The minimum absolute atomic E-state index is 0.328. The molecular formula is C13H12O3. The van der Waals surface area contributed by atoms with Crippen molar-refractivity contribution in [2.75, 3.05) is 7.11 Å². The standard InChI is InChI=1S/C13H12O3/c1-9-7-12(16-13(14)8-9)10-3-5-11(15-2)6-4-10/h3-8H,1-2H3. The van der Waals surface area contributed by atoms with E-state index < -0.39 is 0 Å². The van der Waals surface area contributed by atoms with Gasteiger partial charge in [-0.25, -0.2) is 4.79 Å². The lowest BCUT2D eigenvalue weighted by molar-refractivity contribution is 0.415. The Balaban J connectivity index is 2.46. The molecule has 0 radical (unpaired) electrons. The lowest BCUT2D eigenvalue weighted by Crippen LogP contribution is -1.98. The number of methoxy groups -OCH3 is 1. The van der Waals surface area contributed by atoms with Crippen molar-refractivity contribution in [1.29, 1.82) is 0 Å². The van der Waals surface area contributed by atoms with Crippen LogP contribution in [0.4, 0.5) is 0 Å². The van der Waals surface area contributed by atoms with Gasteiger partial charge >= 0.3 is 5.63 Å². The van der Waals surface area contributed by atoms with E-state index in [4.69, 9.17) is 9.15 Å². The van der Waals surface area contributed by atoms with E-state index in [2.05, 4.69) is 0 Å². The van der Waals surface area contributed by atoms with E-state index in [1.165, 1.54) is 6.07 Å². The molecule has 0 aliphatic carbocycles. The first kappa shape index (κ1) is 10.5. The first-order chi connectivity index (χ1) is 7.69. The molecule has 0 saturated carbocycles. The number of hydrogen-bond donors (Lipinski definition) is 0. The molecule has 0 unspecified atom stereocenters. The average Bonchev–Trinajstić information content (AvgIpc) is 2.28. The van der Waals surface area contributed by atoms with E-state index in [1.807, 2.05) is 37.3 Å². The Hall–Kier alpha value is -2.03. The van der Waals surface area contributed by atoms with Gasteiger partial charge in [0.15, 0.2) is 0 Å². The van der Waals surface area contributed by atoms with Crippen molar-refractivity contribution in [3.8, 4) is 17.1 Å². The van der Waals surface area contributed by atoms with Crippen LogP contribution < -0.4 is 10.4 Å². The van der Waals surface area contributed by atoms with E-state index in [-0.39, 0.29) is 5.63 Å². The van der Waals surface area contributed by atoms with Gasteiger partial charge in [0.05, 0.1) is 7.11 Å². The molecule has 3 nitrogen and oxygen atoms in total. The summed E-state index contributed by atoms with van der Waals surface area (Å²) < 4.78 is 10.2. The quantitative estimate of drug-likeness (QED) is 0.774. The predicted octanol–water partition coefficient (Wildman–Crippen LogP) is 2.62. The van der Waals surface area contributed by atoms with E-state index in [0.717, 1.165) is 16.9 Å². The summed E-state index contributed by atoms with van der Waals surface area (Å²) in [6.45, 7) is 1.87. The van der Waals surface area contributed by atoms with Crippen molar-refractivity contribution in [2.24, 2.45) is 0 Å². The molecule has 0 fully saturated rings. The van der Waals surface area contributed by atoms with Crippen LogP contribution in [0.25, 0.3) is 11.3 Å². The molecule has 0 spiro atoms. The van der Waals surface area contributed by atoms with Crippen LogP contribution in [-0.2, 0) is 0 Å². The zero-order valence-corrected chi connectivity index (χ0v) is 9.19. The number of ether oxygens (including phenoxy) is 1. The van der Waals surface area contributed by atoms with Crippen LogP contribution in [0.2, 0.25) is 0 Å². The molecule has 1 heterocycles. The SMILES string of the molecule is COc1ccc(-c2cc(C)cc(=O)o2)cc1. The Morgan fingerprint density at radius 1 is 1.12 bits per heavy atom. The Labute approximate surface area is 93.3 Å². The Bertz CT molecular complexity index is 538.